The largest absolute Gasteiger partial charge is 0.416 e. The Morgan fingerprint density at radius 1 is 0.968 bits per heavy atom. The van der Waals surface area contributed by atoms with Crippen molar-refractivity contribution in [3.63, 3.8) is 0 Å². The summed E-state index contributed by atoms with van der Waals surface area (Å²) >= 11 is 0. The minimum atomic E-state index is -4.66. The number of benzene rings is 2. The van der Waals surface area contributed by atoms with Gasteiger partial charge in [-0.1, -0.05) is 24.3 Å². The van der Waals surface area contributed by atoms with E-state index in [0.29, 0.717) is 10.4 Å². The molecule has 31 heavy (non-hydrogen) atoms. The Bertz CT molecular complexity index is 1140. The molecular weight excluding hydrogens is 431 g/mol. The van der Waals surface area contributed by atoms with Crippen LogP contribution >= 0.6 is 0 Å². The lowest BCUT2D eigenvalue weighted by Crippen LogP contribution is -2.40. The van der Waals surface area contributed by atoms with Gasteiger partial charge in [0.1, 0.15) is 6.54 Å². The molecule has 1 aromatic heterocycles. The molecule has 6 nitrogen and oxygen atoms in total. The Hall–Kier alpha value is -3.40. The summed E-state index contributed by atoms with van der Waals surface area (Å²) < 4.78 is 66.5. The average Bonchev–Trinajstić information content (AvgIpc) is 2.77. The predicted molar refractivity (Wildman–Crippen MR) is 109 cm³/mol. The van der Waals surface area contributed by atoms with Gasteiger partial charge in [-0.25, -0.2) is 8.42 Å². The first-order valence-corrected chi connectivity index (χ1v) is 10.5. The van der Waals surface area contributed by atoms with E-state index in [4.69, 9.17) is 0 Å². The number of alkyl halides is 3. The third-order valence-electron chi connectivity index (χ3n) is 4.32. The zero-order chi connectivity index (χ0) is 22.5. The SMILES string of the molecule is O=C(CN(c1cccc(C(F)(F)F)c1)S(=O)(=O)c1ccccc1)NCc1ccncc1. The fourth-order valence-electron chi connectivity index (χ4n) is 2.76. The van der Waals surface area contributed by atoms with E-state index < -0.39 is 34.2 Å². The standard InChI is InChI=1S/C21H18F3N3O3S/c22-21(23,24)17-5-4-6-18(13-17)27(31(29,30)19-7-2-1-3-8-19)15-20(28)26-14-16-9-11-25-12-10-16/h1-13H,14-15H2,(H,26,28). The summed E-state index contributed by atoms with van der Waals surface area (Å²) in [4.78, 5) is 16.2. The number of halogens is 3. The number of hydrogen-bond donors (Lipinski definition) is 1. The van der Waals surface area contributed by atoms with Gasteiger partial charge < -0.3 is 5.32 Å². The molecule has 0 spiro atoms. The summed E-state index contributed by atoms with van der Waals surface area (Å²) in [5, 5.41) is 2.57. The molecule has 10 heteroatoms. The topological polar surface area (TPSA) is 79.4 Å². The first-order chi connectivity index (χ1) is 14.7. The van der Waals surface area contributed by atoms with Crippen LogP contribution in [-0.4, -0.2) is 25.9 Å². The quantitative estimate of drug-likeness (QED) is 0.598. The molecule has 0 aliphatic rings. The van der Waals surface area contributed by atoms with Gasteiger partial charge in [-0.2, -0.15) is 13.2 Å². The molecule has 3 aromatic rings. The van der Waals surface area contributed by atoms with Crippen molar-refractivity contribution in [1.82, 2.24) is 10.3 Å². The first-order valence-electron chi connectivity index (χ1n) is 9.08. The van der Waals surface area contributed by atoms with Crippen molar-refractivity contribution in [3.8, 4) is 0 Å². The summed E-state index contributed by atoms with van der Waals surface area (Å²) in [6.07, 6.45) is -1.59. The van der Waals surface area contributed by atoms with Crippen LogP contribution in [0.15, 0.2) is 84.0 Å². The van der Waals surface area contributed by atoms with Gasteiger partial charge in [-0.3, -0.25) is 14.1 Å². The highest BCUT2D eigenvalue weighted by molar-refractivity contribution is 7.92. The zero-order valence-electron chi connectivity index (χ0n) is 16.1. The third-order valence-corrected chi connectivity index (χ3v) is 6.11. The lowest BCUT2D eigenvalue weighted by Gasteiger charge is -2.25. The molecule has 1 amide bonds. The number of anilines is 1. The van der Waals surface area contributed by atoms with E-state index in [-0.39, 0.29) is 17.1 Å². The van der Waals surface area contributed by atoms with Crippen LogP contribution in [-0.2, 0) is 27.5 Å². The highest BCUT2D eigenvalue weighted by Gasteiger charge is 2.33. The van der Waals surface area contributed by atoms with E-state index in [1.165, 1.54) is 42.7 Å². The maximum atomic E-state index is 13.2. The van der Waals surface area contributed by atoms with Gasteiger partial charge in [-0.15, -0.1) is 0 Å². The predicted octanol–water partition coefficient (Wildman–Crippen LogP) is 3.61. The van der Waals surface area contributed by atoms with Crippen LogP contribution in [0.4, 0.5) is 18.9 Å². The highest BCUT2D eigenvalue weighted by atomic mass is 32.2. The van der Waals surface area contributed by atoms with Crippen LogP contribution in [0, 0.1) is 0 Å². The number of amides is 1. The van der Waals surface area contributed by atoms with E-state index in [9.17, 15) is 26.4 Å². The fourth-order valence-corrected chi connectivity index (χ4v) is 4.19. The maximum absolute atomic E-state index is 13.2. The van der Waals surface area contributed by atoms with Gasteiger partial charge >= 0.3 is 6.18 Å². The number of nitrogens with one attached hydrogen (secondary N) is 1. The molecule has 1 N–H and O–H groups in total. The Morgan fingerprint density at radius 2 is 1.65 bits per heavy atom. The molecule has 162 valence electrons. The number of carbonyl (C=O) groups is 1. The summed E-state index contributed by atoms with van der Waals surface area (Å²) in [5.41, 5.74) is -0.548. The van der Waals surface area contributed by atoms with Crippen LogP contribution in [0.25, 0.3) is 0 Å². The number of sulfonamides is 1. The molecule has 0 bridgehead atoms. The molecule has 3 rings (SSSR count). The van der Waals surface area contributed by atoms with Crippen molar-refractivity contribution in [2.45, 2.75) is 17.6 Å². The number of pyridine rings is 1. The number of rotatable bonds is 7. The Labute approximate surface area is 177 Å². The average molecular weight is 449 g/mol. The molecule has 1 heterocycles. The first kappa shape index (κ1) is 22.3. The van der Waals surface area contributed by atoms with Crippen molar-refractivity contribution in [2.75, 3.05) is 10.8 Å². The van der Waals surface area contributed by atoms with E-state index in [2.05, 4.69) is 10.3 Å². The van der Waals surface area contributed by atoms with Crippen molar-refractivity contribution < 1.29 is 26.4 Å². The number of hydrogen-bond acceptors (Lipinski definition) is 4. The number of aromatic nitrogens is 1. The molecule has 0 unspecified atom stereocenters. The minimum Gasteiger partial charge on any atom is -0.350 e. The lowest BCUT2D eigenvalue weighted by atomic mass is 10.2. The van der Waals surface area contributed by atoms with Crippen molar-refractivity contribution >= 4 is 21.6 Å². The summed E-state index contributed by atoms with van der Waals surface area (Å²) in [5.74, 6) is -0.672. The van der Waals surface area contributed by atoms with Crippen molar-refractivity contribution in [2.24, 2.45) is 0 Å². The second-order valence-corrected chi connectivity index (χ2v) is 8.37. The molecule has 2 aromatic carbocycles. The maximum Gasteiger partial charge on any atom is 0.416 e. The van der Waals surface area contributed by atoms with Crippen molar-refractivity contribution in [1.29, 1.82) is 0 Å². The van der Waals surface area contributed by atoms with Crippen LogP contribution < -0.4 is 9.62 Å². The third kappa shape index (κ3) is 5.60. The molecular formula is C21H18F3N3O3S. The van der Waals surface area contributed by atoms with Gasteiger partial charge in [0.2, 0.25) is 5.91 Å². The van der Waals surface area contributed by atoms with Crippen molar-refractivity contribution in [3.05, 3.63) is 90.3 Å². The van der Waals surface area contributed by atoms with E-state index in [1.807, 2.05) is 0 Å². The van der Waals surface area contributed by atoms with Crippen LogP contribution in [0.5, 0.6) is 0 Å². The Balaban J connectivity index is 1.92. The minimum absolute atomic E-state index is 0.114. The van der Waals surface area contributed by atoms with Gasteiger partial charge in [0.25, 0.3) is 10.0 Å². The summed E-state index contributed by atoms with van der Waals surface area (Å²) in [6, 6.07) is 14.4. The lowest BCUT2D eigenvalue weighted by molar-refractivity contribution is -0.137. The Morgan fingerprint density at radius 3 is 2.29 bits per heavy atom. The van der Waals surface area contributed by atoms with E-state index in [0.717, 1.165) is 17.7 Å². The molecule has 0 saturated heterocycles. The van der Waals surface area contributed by atoms with Gasteiger partial charge in [-0.05, 0) is 48.0 Å². The summed E-state index contributed by atoms with van der Waals surface area (Å²) in [6.45, 7) is -0.577. The Kier molecular flexibility index (Phi) is 6.59. The van der Waals surface area contributed by atoms with Gasteiger partial charge in [0, 0.05) is 18.9 Å². The molecule has 0 aliphatic heterocycles. The molecule has 0 atom stereocenters. The molecule has 0 radical (unpaired) electrons. The van der Waals surface area contributed by atoms with Crippen LogP contribution in [0.2, 0.25) is 0 Å². The van der Waals surface area contributed by atoms with Gasteiger partial charge in [0.15, 0.2) is 0 Å². The second-order valence-electron chi connectivity index (χ2n) is 6.51. The van der Waals surface area contributed by atoms with Gasteiger partial charge in [0.05, 0.1) is 16.1 Å². The molecule has 0 saturated carbocycles. The zero-order valence-corrected chi connectivity index (χ0v) is 16.9. The molecule has 0 aliphatic carbocycles. The van der Waals surface area contributed by atoms with Crippen LogP contribution in [0.1, 0.15) is 11.1 Å². The fraction of sp³-hybridized carbons (Fsp3) is 0.143. The smallest absolute Gasteiger partial charge is 0.350 e. The molecule has 0 fully saturated rings. The van der Waals surface area contributed by atoms with E-state index in [1.54, 1.807) is 18.2 Å². The van der Waals surface area contributed by atoms with E-state index >= 15 is 0 Å². The number of carbonyl (C=O) groups excluding carboxylic acids is 1. The monoisotopic (exact) mass is 449 g/mol. The normalized spacial score (nSPS) is 11.7. The highest BCUT2D eigenvalue weighted by Crippen LogP contribution is 2.33. The number of nitrogens with zero attached hydrogens (tertiary/aromatic N) is 2. The second kappa shape index (κ2) is 9.17. The summed E-state index contributed by atoms with van der Waals surface area (Å²) in [7, 11) is -4.30. The van der Waals surface area contributed by atoms with Crippen LogP contribution in [0.3, 0.4) is 0 Å².